The summed E-state index contributed by atoms with van der Waals surface area (Å²) in [5.41, 5.74) is 4.01. The first-order valence-corrected chi connectivity index (χ1v) is 6.32. The van der Waals surface area contributed by atoms with E-state index in [9.17, 15) is 0 Å². The first-order valence-electron chi connectivity index (χ1n) is 6.32. The zero-order valence-electron chi connectivity index (χ0n) is 10.3. The van der Waals surface area contributed by atoms with E-state index in [0.29, 0.717) is 0 Å². The van der Waals surface area contributed by atoms with Gasteiger partial charge < -0.3 is 0 Å². The lowest BCUT2D eigenvalue weighted by Crippen LogP contribution is -2.25. The van der Waals surface area contributed by atoms with Crippen LogP contribution < -0.4 is 0 Å². The molecule has 2 aromatic carbocycles. The van der Waals surface area contributed by atoms with Gasteiger partial charge in [-0.05, 0) is 23.1 Å². The van der Waals surface area contributed by atoms with Crippen LogP contribution in [0, 0.1) is 0 Å². The van der Waals surface area contributed by atoms with Crippen LogP contribution in [0.2, 0.25) is 0 Å². The predicted molar refractivity (Wildman–Crippen MR) is 74.6 cm³/mol. The second kappa shape index (κ2) is 5.05. The highest BCUT2D eigenvalue weighted by Crippen LogP contribution is 2.18. The topological polar surface area (TPSA) is 15.6 Å². The first-order chi connectivity index (χ1) is 8.92. The fourth-order valence-corrected chi connectivity index (χ4v) is 2.27. The molecule has 0 N–H and O–H groups in total. The highest BCUT2D eigenvalue weighted by molar-refractivity contribution is 5.79. The van der Waals surface area contributed by atoms with E-state index in [1.165, 1.54) is 11.1 Å². The van der Waals surface area contributed by atoms with Crippen LogP contribution in [0.5, 0.6) is 0 Å². The SMILES string of the molecule is C(=N/N1CCc2ccccc2C1)/c1ccccc1. The highest BCUT2D eigenvalue weighted by Gasteiger charge is 2.13. The minimum Gasteiger partial charge on any atom is -0.292 e. The van der Waals surface area contributed by atoms with Crippen molar-refractivity contribution in [1.82, 2.24) is 5.01 Å². The van der Waals surface area contributed by atoms with Gasteiger partial charge in [0.2, 0.25) is 0 Å². The summed E-state index contributed by atoms with van der Waals surface area (Å²) in [6, 6.07) is 18.9. The smallest absolute Gasteiger partial charge is 0.0613 e. The Morgan fingerprint density at radius 1 is 0.889 bits per heavy atom. The molecular formula is C16H16N2. The molecule has 0 spiro atoms. The van der Waals surface area contributed by atoms with E-state index in [-0.39, 0.29) is 0 Å². The van der Waals surface area contributed by atoms with Crippen molar-refractivity contribution in [2.45, 2.75) is 13.0 Å². The lowest BCUT2D eigenvalue weighted by Gasteiger charge is -2.26. The minimum atomic E-state index is 0.916. The van der Waals surface area contributed by atoms with Crippen molar-refractivity contribution in [2.24, 2.45) is 5.10 Å². The molecule has 2 aromatic rings. The van der Waals surface area contributed by atoms with Crippen LogP contribution in [0.25, 0.3) is 0 Å². The van der Waals surface area contributed by atoms with Gasteiger partial charge in [0.05, 0.1) is 12.8 Å². The lowest BCUT2D eigenvalue weighted by atomic mass is 10.0. The molecule has 0 bridgehead atoms. The molecule has 0 radical (unpaired) electrons. The van der Waals surface area contributed by atoms with Gasteiger partial charge in [0.15, 0.2) is 0 Å². The van der Waals surface area contributed by atoms with E-state index in [2.05, 4.69) is 46.5 Å². The van der Waals surface area contributed by atoms with Gasteiger partial charge in [0.25, 0.3) is 0 Å². The maximum atomic E-state index is 4.56. The third-order valence-corrected chi connectivity index (χ3v) is 3.28. The predicted octanol–water partition coefficient (Wildman–Crippen LogP) is 3.08. The second-order valence-corrected chi connectivity index (χ2v) is 4.56. The summed E-state index contributed by atoms with van der Waals surface area (Å²) in [6.45, 7) is 1.92. The van der Waals surface area contributed by atoms with Crippen LogP contribution in [0.3, 0.4) is 0 Å². The third kappa shape index (κ3) is 2.43. The zero-order valence-corrected chi connectivity index (χ0v) is 10.3. The van der Waals surface area contributed by atoms with Crippen molar-refractivity contribution in [3.63, 3.8) is 0 Å². The van der Waals surface area contributed by atoms with Crippen LogP contribution in [0.4, 0.5) is 0 Å². The lowest BCUT2D eigenvalue weighted by molar-refractivity contribution is 0.269. The van der Waals surface area contributed by atoms with Crippen LogP contribution in [0.15, 0.2) is 59.7 Å². The second-order valence-electron chi connectivity index (χ2n) is 4.56. The molecule has 0 aromatic heterocycles. The molecule has 0 fully saturated rings. The molecule has 1 aliphatic heterocycles. The van der Waals surface area contributed by atoms with Crippen molar-refractivity contribution < 1.29 is 0 Å². The van der Waals surface area contributed by atoms with Gasteiger partial charge in [-0.1, -0.05) is 54.6 Å². The molecule has 0 atom stereocenters. The number of benzene rings is 2. The summed E-state index contributed by atoms with van der Waals surface area (Å²) >= 11 is 0. The molecule has 0 unspecified atom stereocenters. The van der Waals surface area contributed by atoms with Crippen molar-refractivity contribution in [3.8, 4) is 0 Å². The van der Waals surface area contributed by atoms with E-state index in [1.807, 2.05) is 24.4 Å². The molecule has 1 heterocycles. The number of fused-ring (bicyclic) bond motifs is 1. The van der Waals surface area contributed by atoms with Crippen LogP contribution in [-0.4, -0.2) is 17.8 Å². The monoisotopic (exact) mass is 236 g/mol. The van der Waals surface area contributed by atoms with Crippen LogP contribution in [0.1, 0.15) is 16.7 Å². The van der Waals surface area contributed by atoms with Gasteiger partial charge >= 0.3 is 0 Å². The molecule has 90 valence electrons. The molecule has 0 saturated carbocycles. The Kier molecular flexibility index (Phi) is 3.09. The van der Waals surface area contributed by atoms with Crippen molar-refractivity contribution in [1.29, 1.82) is 0 Å². The minimum absolute atomic E-state index is 0.916. The van der Waals surface area contributed by atoms with Gasteiger partial charge in [0, 0.05) is 6.54 Å². The van der Waals surface area contributed by atoms with Gasteiger partial charge in [-0.15, -0.1) is 0 Å². The van der Waals surface area contributed by atoms with Crippen LogP contribution in [-0.2, 0) is 13.0 Å². The summed E-state index contributed by atoms with van der Waals surface area (Å²) in [5.74, 6) is 0. The summed E-state index contributed by atoms with van der Waals surface area (Å²) in [4.78, 5) is 0. The van der Waals surface area contributed by atoms with Gasteiger partial charge in [-0.25, -0.2) is 0 Å². The Hall–Kier alpha value is -2.09. The Labute approximate surface area is 108 Å². The summed E-state index contributed by atoms with van der Waals surface area (Å²) < 4.78 is 0. The van der Waals surface area contributed by atoms with E-state index in [0.717, 1.165) is 25.1 Å². The molecule has 1 aliphatic rings. The molecule has 0 saturated heterocycles. The Morgan fingerprint density at radius 3 is 2.44 bits per heavy atom. The number of nitrogens with zero attached hydrogens (tertiary/aromatic N) is 2. The van der Waals surface area contributed by atoms with Gasteiger partial charge in [0.1, 0.15) is 0 Å². The standard InChI is InChI=1S/C16H16N2/c1-2-6-14(7-3-1)12-17-18-11-10-15-8-4-5-9-16(15)13-18/h1-9,12H,10-11,13H2/b17-12-. The van der Waals surface area contributed by atoms with E-state index < -0.39 is 0 Å². The average Bonchev–Trinajstić information content (AvgIpc) is 2.46. The largest absolute Gasteiger partial charge is 0.292 e. The molecule has 0 aliphatic carbocycles. The van der Waals surface area contributed by atoms with Crippen molar-refractivity contribution >= 4 is 6.21 Å². The molecule has 0 amide bonds. The number of rotatable bonds is 2. The van der Waals surface area contributed by atoms with Crippen molar-refractivity contribution in [2.75, 3.05) is 6.54 Å². The number of hydrogen-bond acceptors (Lipinski definition) is 2. The fourth-order valence-electron chi connectivity index (χ4n) is 2.27. The van der Waals surface area contributed by atoms with E-state index >= 15 is 0 Å². The molecule has 2 heteroatoms. The van der Waals surface area contributed by atoms with E-state index in [1.54, 1.807) is 0 Å². The summed E-state index contributed by atoms with van der Waals surface area (Å²) in [6.07, 6.45) is 3.02. The maximum Gasteiger partial charge on any atom is 0.0613 e. The van der Waals surface area contributed by atoms with Gasteiger partial charge in [-0.3, -0.25) is 5.01 Å². The third-order valence-electron chi connectivity index (χ3n) is 3.28. The van der Waals surface area contributed by atoms with Gasteiger partial charge in [-0.2, -0.15) is 5.10 Å². The summed E-state index contributed by atoms with van der Waals surface area (Å²) in [5, 5.41) is 6.69. The van der Waals surface area contributed by atoms with Crippen molar-refractivity contribution in [3.05, 3.63) is 71.3 Å². The number of hydrogen-bond donors (Lipinski definition) is 0. The average molecular weight is 236 g/mol. The summed E-state index contributed by atoms with van der Waals surface area (Å²) in [7, 11) is 0. The quantitative estimate of drug-likeness (QED) is 0.732. The normalized spacial score (nSPS) is 14.8. The Balaban J connectivity index is 1.72. The fraction of sp³-hybridized carbons (Fsp3) is 0.188. The Morgan fingerprint density at radius 2 is 1.61 bits per heavy atom. The first kappa shape index (κ1) is 11.0. The molecule has 18 heavy (non-hydrogen) atoms. The zero-order chi connectivity index (χ0) is 12.2. The number of hydrazone groups is 1. The molecule has 2 nitrogen and oxygen atoms in total. The molecule has 3 rings (SSSR count). The van der Waals surface area contributed by atoms with E-state index in [4.69, 9.17) is 0 Å². The Bertz CT molecular complexity index is 546. The molecular weight excluding hydrogens is 220 g/mol. The highest BCUT2D eigenvalue weighted by atomic mass is 15.4. The van der Waals surface area contributed by atoms with Crippen LogP contribution >= 0.6 is 0 Å². The maximum absolute atomic E-state index is 4.56.